The van der Waals surface area contributed by atoms with E-state index in [1.54, 1.807) is 12.0 Å². The summed E-state index contributed by atoms with van der Waals surface area (Å²) in [6, 6.07) is 12.5. The first-order chi connectivity index (χ1) is 17.8. The molecule has 2 aliphatic rings. The van der Waals surface area contributed by atoms with Crippen molar-refractivity contribution in [2.45, 2.75) is 43.7 Å². The number of methoxy groups -OCH3 is 1. The Kier molecular flexibility index (Phi) is 8.76. The van der Waals surface area contributed by atoms with E-state index in [9.17, 15) is 18.8 Å². The van der Waals surface area contributed by atoms with Crippen molar-refractivity contribution >= 4 is 17.7 Å². The molecule has 1 aliphatic heterocycles. The average Bonchev–Trinajstić information content (AvgIpc) is 3.67. The van der Waals surface area contributed by atoms with Gasteiger partial charge < -0.3 is 25.2 Å². The average molecular weight is 511 g/mol. The lowest BCUT2D eigenvalue weighted by Crippen LogP contribution is -2.54. The van der Waals surface area contributed by atoms with Gasteiger partial charge in [-0.1, -0.05) is 12.1 Å². The fourth-order valence-electron chi connectivity index (χ4n) is 4.67. The first-order valence-corrected chi connectivity index (χ1v) is 12.8. The van der Waals surface area contributed by atoms with Gasteiger partial charge in [-0.15, -0.1) is 0 Å². The number of hydrogen-bond acceptors (Lipinski definition) is 5. The minimum absolute atomic E-state index is 0.0586. The number of halogens is 1. The number of carbonyl (C=O) groups is 3. The number of piperazine rings is 1. The maximum Gasteiger partial charge on any atom is 0.251 e. The van der Waals surface area contributed by atoms with Gasteiger partial charge in [0, 0.05) is 50.1 Å². The largest absolute Gasteiger partial charge is 0.497 e. The maximum atomic E-state index is 13.3. The smallest absolute Gasteiger partial charge is 0.251 e. The van der Waals surface area contributed by atoms with Crippen LogP contribution in [0.15, 0.2) is 48.5 Å². The normalized spacial score (nSPS) is 20.1. The summed E-state index contributed by atoms with van der Waals surface area (Å²) in [7, 11) is 3.64. The molecule has 8 nitrogen and oxygen atoms in total. The number of nitrogens with zero attached hydrogens (tertiary/aromatic N) is 2. The summed E-state index contributed by atoms with van der Waals surface area (Å²) in [6.07, 6.45) is 1.97. The summed E-state index contributed by atoms with van der Waals surface area (Å²) in [5.74, 6) is 0.0331. The van der Waals surface area contributed by atoms with Crippen LogP contribution in [-0.2, 0) is 9.59 Å². The first kappa shape index (κ1) is 26.6. The first-order valence-electron chi connectivity index (χ1n) is 12.8. The fraction of sp³-hybridized carbons (Fsp3) is 0.464. The molecule has 0 radical (unpaired) electrons. The molecule has 0 aromatic heterocycles. The van der Waals surface area contributed by atoms with Crippen molar-refractivity contribution in [3.8, 4) is 5.75 Å². The third-order valence-corrected chi connectivity index (χ3v) is 7.10. The summed E-state index contributed by atoms with van der Waals surface area (Å²) in [4.78, 5) is 42.5. The minimum Gasteiger partial charge on any atom is -0.497 e. The Morgan fingerprint density at radius 3 is 2.35 bits per heavy atom. The van der Waals surface area contributed by atoms with E-state index in [4.69, 9.17) is 4.74 Å². The van der Waals surface area contributed by atoms with Gasteiger partial charge in [0.1, 0.15) is 17.6 Å². The third-order valence-electron chi connectivity index (χ3n) is 7.10. The number of hydrogen-bond donors (Lipinski definition) is 2. The van der Waals surface area contributed by atoms with Crippen molar-refractivity contribution in [1.29, 1.82) is 0 Å². The highest BCUT2D eigenvalue weighted by Crippen LogP contribution is 2.41. The summed E-state index contributed by atoms with van der Waals surface area (Å²) in [6.45, 7) is 2.72. The van der Waals surface area contributed by atoms with Gasteiger partial charge >= 0.3 is 0 Å². The highest BCUT2D eigenvalue weighted by Gasteiger charge is 2.39. The molecule has 37 heavy (non-hydrogen) atoms. The van der Waals surface area contributed by atoms with E-state index in [0.717, 1.165) is 25.3 Å². The van der Waals surface area contributed by atoms with E-state index in [2.05, 4.69) is 15.5 Å². The molecule has 0 spiro atoms. The van der Waals surface area contributed by atoms with Gasteiger partial charge in [0.2, 0.25) is 11.8 Å². The monoisotopic (exact) mass is 510 g/mol. The van der Waals surface area contributed by atoms with E-state index >= 15 is 0 Å². The van der Waals surface area contributed by atoms with E-state index in [0.29, 0.717) is 31.8 Å². The predicted octanol–water partition coefficient (Wildman–Crippen LogP) is 2.55. The minimum atomic E-state index is -0.748. The van der Waals surface area contributed by atoms with E-state index in [-0.39, 0.29) is 29.8 Å². The SMILES string of the molecule is COc1ccc(C2CC2NC(=O)CCCC(NC(=O)c2ccc(F)cc2)C(=O)N2CCN(C)CC2)cc1. The lowest BCUT2D eigenvalue weighted by Gasteiger charge is -2.34. The van der Waals surface area contributed by atoms with Crippen LogP contribution in [0.3, 0.4) is 0 Å². The van der Waals surface area contributed by atoms with Crippen molar-refractivity contribution in [2.75, 3.05) is 40.3 Å². The molecule has 198 valence electrons. The number of nitrogens with one attached hydrogen (secondary N) is 2. The molecule has 1 saturated heterocycles. The Morgan fingerprint density at radius 1 is 1.03 bits per heavy atom. The van der Waals surface area contributed by atoms with Gasteiger partial charge in [0.05, 0.1) is 7.11 Å². The van der Waals surface area contributed by atoms with Crippen molar-refractivity contribution in [3.05, 3.63) is 65.5 Å². The van der Waals surface area contributed by atoms with Gasteiger partial charge in [0.15, 0.2) is 0 Å². The van der Waals surface area contributed by atoms with Gasteiger partial charge in [0.25, 0.3) is 5.91 Å². The van der Waals surface area contributed by atoms with Crippen LogP contribution in [0, 0.1) is 5.82 Å². The molecule has 1 aliphatic carbocycles. The van der Waals surface area contributed by atoms with Crippen molar-refractivity contribution in [1.82, 2.24) is 20.4 Å². The zero-order valence-corrected chi connectivity index (χ0v) is 21.4. The number of amides is 3. The quantitative estimate of drug-likeness (QED) is 0.513. The second-order valence-electron chi connectivity index (χ2n) is 9.84. The van der Waals surface area contributed by atoms with E-state index in [1.807, 2.05) is 31.3 Å². The molecule has 2 fully saturated rings. The summed E-state index contributed by atoms with van der Waals surface area (Å²) in [5, 5.41) is 5.90. The zero-order chi connectivity index (χ0) is 26.4. The van der Waals surface area contributed by atoms with Gasteiger partial charge in [-0.2, -0.15) is 0 Å². The molecule has 0 bridgehead atoms. The molecule has 9 heteroatoms. The lowest BCUT2D eigenvalue weighted by molar-refractivity contribution is -0.135. The summed E-state index contributed by atoms with van der Waals surface area (Å²) in [5.41, 5.74) is 1.46. The fourth-order valence-corrected chi connectivity index (χ4v) is 4.67. The Morgan fingerprint density at radius 2 is 1.70 bits per heavy atom. The molecule has 2 aromatic carbocycles. The van der Waals surface area contributed by atoms with Crippen LogP contribution in [-0.4, -0.2) is 79.9 Å². The topological polar surface area (TPSA) is 91.0 Å². The van der Waals surface area contributed by atoms with Gasteiger partial charge in [-0.3, -0.25) is 14.4 Å². The highest BCUT2D eigenvalue weighted by atomic mass is 19.1. The Bertz CT molecular complexity index is 1080. The second kappa shape index (κ2) is 12.2. The Hall–Kier alpha value is -3.46. The third kappa shape index (κ3) is 7.29. The summed E-state index contributed by atoms with van der Waals surface area (Å²) >= 11 is 0. The standard InChI is InChI=1S/C28H35FN4O4/c1-32-14-16-33(17-15-32)28(36)24(31-27(35)20-6-10-21(29)11-7-20)4-3-5-26(34)30-25-18-23(25)19-8-12-22(37-2)13-9-19/h6-13,23-25H,3-5,14-18H2,1-2H3,(H,30,34)(H,31,35). The second-order valence-corrected chi connectivity index (χ2v) is 9.84. The molecule has 3 amide bonds. The molecule has 3 unspecified atom stereocenters. The van der Waals surface area contributed by atoms with Crippen LogP contribution in [0.1, 0.15) is 47.5 Å². The van der Waals surface area contributed by atoms with Crippen molar-refractivity contribution in [3.63, 3.8) is 0 Å². The van der Waals surface area contributed by atoms with Gasteiger partial charge in [-0.05, 0) is 68.3 Å². The Balaban J connectivity index is 1.29. The van der Waals surface area contributed by atoms with E-state index in [1.165, 1.54) is 29.8 Å². The lowest BCUT2D eigenvalue weighted by atomic mass is 10.1. The van der Waals surface area contributed by atoms with Crippen LogP contribution < -0.4 is 15.4 Å². The van der Waals surface area contributed by atoms with Crippen LogP contribution in [0.5, 0.6) is 5.75 Å². The molecule has 2 aromatic rings. The molecule has 1 heterocycles. The molecule has 3 atom stereocenters. The van der Waals surface area contributed by atoms with Gasteiger partial charge in [-0.25, -0.2) is 4.39 Å². The van der Waals surface area contributed by atoms with Crippen LogP contribution >= 0.6 is 0 Å². The molecular formula is C28H35FN4O4. The van der Waals surface area contributed by atoms with Crippen molar-refractivity contribution in [2.24, 2.45) is 0 Å². The zero-order valence-electron chi connectivity index (χ0n) is 21.4. The molecule has 2 N–H and O–H groups in total. The number of likely N-dealkylation sites (N-methyl/N-ethyl adjacent to an activating group) is 1. The maximum absolute atomic E-state index is 13.3. The summed E-state index contributed by atoms with van der Waals surface area (Å²) < 4.78 is 18.5. The number of carbonyl (C=O) groups excluding carboxylic acids is 3. The van der Waals surface area contributed by atoms with Crippen LogP contribution in [0.2, 0.25) is 0 Å². The number of ether oxygens (including phenoxy) is 1. The van der Waals surface area contributed by atoms with Crippen LogP contribution in [0.4, 0.5) is 4.39 Å². The number of benzene rings is 2. The Labute approximate surface area is 217 Å². The molecular weight excluding hydrogens is 475 g/mol. The molecule has 4 rings (SSSR count). The molecule has 1 saturated carbocycles. The van der Waals surface area contributed by atoms with Crippen molar-refractivity contribution < 1.29 is 23.5 Å². The highest BCUT2D eigenvalue weighted by molar-refractivity contribution is 5.97. The van der Waals surface area contributed by atoms with Crippen LogP contribution in [0.25, 0.3) is 0 Å². The van der Waals surface area contributed by atoms with E-state index < -0.39 is 17.8 Å². The predicted molar refractivity (Wildman–Crippen MR) is 138 cm³/mol. The number of rotatable bonds is 10.